The lowest BCUT2D eigenvalue weighted by molar-refractivity contribution is -0.149. The molecule has 0 bridgehead atoms. The van der Waals surface area contributed by atoms with Gasteiger partial charge < -0.3 is 10.5 Å². The van der Waals surface area contributed by atoms with E-state index >= 15 is 0 Å². The molecule has 3 heteroatoms. The summed E-state index contributed by atoms with van der Waals surface area (Å²) in [5.74, 6) is -0.385. The normalized spacial score (nSPS) is 14.9. The van der Waals surface area contributed by atoms with Crippen molar-refractivity contribution in [3.8, 4) is 0 Å². The summed E-state index contributed by atoms with van der Waals surface area (Å²) in [6, 6.07) is 6.12. The quantitative estimate of drug-likeness (QED) is 0.853. The Hall–Kier alpha value is -1.35. The van der Waals surface area contributed by atoms with Gasteiger partial charge in [-0.2, -0.15) is 0 Å². The maximum atomic E-state index is 12.0. The molecular weight excluding hydrogens is 238 g/mol. The van der Waals surface area contributed by atoms with Crippen molar-refractivity contribution >= 4 is 5.97 Å². The monoisotopic (exact) mass is 263 g/mol. The Morgan fingerprint density at radius 2 is 1.84 bits per heavy atom. The minimum Gasteiger partial charge on any atom is -0.464 e. The van der Waals surface area contributed by atoms with Crippen LogP contribution in [-0.2, 0) is 20.5 Å². The van der Waals surface area contributed by atoms with Crippen molar-refractivity contribution in [1.29, 1.82) is 0 Å². The number of rotatable bonds is 3. The zero-order valence-corrected chi connectivity index (χ0v) is 12.8. The fourth-order valence-corrected chi connectivity index (χ4v) is 2.04. The zero-order valence-electron chi connectivity index (χ0n) is 12.8. The van der Waals surface area contributed by atoms with E-state index in [0.717, 1.165) is 16.7 Å². The van der Waals surface area contributed by atoms with Crippen LogP contribution in [0.5, 0.6) is 0 Å². The number of hydrogen-bond acceptors (Lipinski definition) is 3. The molecule has 3 nitrogen and oxygen atoms in total. The van der Waals surface area contributed by atoms with Crippen molar-refractivity contribution in [2.75, 3.05) is 6.61 Å². The molecule has 1 rings (SSSR count). The van der Waals surface area contributed by atoms with E-state index in [2.05, 4.69) is 26.8 Å². The van der Waals surface area contributed by atoms with Crippen molar-refractivity contribution in [2.24, 2.45) is 5.73 Å². The number of carbonyl (C=O) groups is 1. The van der Waals surface area contributed by atoms with E-state index in [1.807, 2.05) is 19.1 Å². The number of ether oxygens (including phenoxy) is 1. The lowest BCUT2D eigenvalue weighted by atomic mass is 9.81. The third kappa shape index (κ3) is 3.35. The van der Waals surface area contributed by atoms with Gasteiger partial charge in [0.2, 0.25) is 0 Å². The third-order valence-corrected chi connectivity index (χ3v) is 3.36. The minimum atomic E-state index is -1.11. The van der Waals surface area contributed by atoms with Crippen LogP contribution in [0.2, 0.25) is 0 Å². The molecule has 0 fully saturated rings. The molecule has 1 aromatic rings. The Morgan fingerprint density at radius 1 is 1.26 bits per heavy atom. The first-order valence-corrected chi connectivity index (χ1v) is 6.68. The van der Waals surface area contributed by atoms with Crippen LogP contribution >= 0.6 is 0 Å². The standard InChI is InChI=1S/C16H25NO2/c1-7-19-14(18)16(6,17)13-10-12(15(3,4)5)9-8-11(13)2/h8-10H,7,17H2,1-6H3. The summed E-state index contributed by atoms with van der Waals surface area (Å²) in [4.78, 5) is 12.0. The van der Waals surface area contributed by atoms with Gasteiger partial charge >= 0.3 is 5.97 Å². The van der Waals surface area contributed by atoms with Crippen molar-refractivity contribution in [2.45, 2.75) is 52.5 Å². The van der Waals surface area contributed by atoms with Gasteiger partial charge in [0.15, 0.2) is 0 Å². The number of esters is 1. The first-order chi connectivity index (χ1) is 8.60. The van der Waals surface area contributed by atoms with Crippen LogP contribution in [0.1, 0.15) is 51.3 Å². The van der Waals surface area contributed by atoms with Gasteiger partial charge in [-0.15, -0.1) is 0 Å². The Labute approximate surface area is 116 Å². The topological polar surface area (TPSA) is 52.3 Å². The summed E-state index contributed by atoms with van der Waals surface area (Å²) >= 11 is 0. The Balaban J connectivity index is 3.29. The molecule has 0 saturated heterocycles. The number of carbonyl (C=O) groups excluding carboxylic acids is 1. The van der Waals surface area contributed by atoms with Gasteiger partial charge in [-0.25, -0.2) is 4.79 Å². The van der Waals surface area contributed by atoms with Crippen LogP contribution in [0, 0.1) is 6.92 Å². The number of benzene rings is 1. The fourth-order valence-electron chi connectivity index (χ4n) is 2.04. The van der Waals surface area contributed by atoms with E-state index in [1.54, 1.807) is 13.8 Å². The first kappa shape index (κ1) is 15.7. The maximum Gasteiger partial charge on any atom is 0.330 e. The molecule has 0 heterocycles. The summed E-state index contributed by atoms with van der Waals surface area (Å²) in [6.45, 7) is 12.2. The van der Waals surface area contributed by atoms with E-state index in [-0.39, 0.29) is 11.4 Å². The van der Waals surface area contributed by atoms with Crippen LogP contribution < -0.4 is 5.73 Å². The average molecular weight is 263 g/mol. The Morgan fingerprint density at radius 3 is 2.32 bits per heavy atom. The summed E-state index contributed by atoms with van der Waals surface area (Å²) in [7, 11) is 0. The Bertz CT molecular complexity index is 470. The molecule has 106 valence electrons. The van der Waals surface area contributed by atoms with Crippen molar-refractivity contribution in [1.82, 2.24) is 0 Å². The first-order valence-electron chi connectivity index (χ1n) is 6.68. The SMILES string of the molecule is CCOC(=O)C(C)(N)c1cc(C(C)(C)C)ccc1C. The van der Waals surface area contributed by atoms with Crippen LogP contribution in [0.3, 0.4) is 0 Å². The van der Waals surface area contributed by atoms with Crippen LogP contribution in [0.15, 0.2) is 18.2 Å². The predicted octanol–water partition coefficient (Wildman–Crippen LogP) is 3.03. The minimum absolute atomic E-state index is 0.0210. The summed E-state index contributed by atoms with van der Waals surface area (Å²) < 4.78 is 5.08. The molecule has 0 aliphatic heterocycles. The molecule has 0 radical (unpaired) electrons. The van der Waals surface area contributed by atoms with Crippen molar-refractivity contribution in [3.05, 3.63) is 34.9 Å². The second-order valence-electron chi connectivity index (χ2n) is 6.20. The van der Waals surface area contributed by atoms with Gasteiger partial charge in [0.05, 0.1) is 6.61 Å². The highest BCUT2D eigenvalue weighted by Gasteiger charge is 2.34. The molecule has 0 aliphatic rings. The molecule has 1 unspecified atom stereocenters. The van der Waals surface area contributed by atoms with E-state index in [0.29, 0.717) is 6.61 Å². The van der Waals surface area contributed by atoms with Crippen molar-refractivity contribution < 1.29 is 9.53 Å². The third-order valence-electron chi connectivity index (χ3n) is 3.36. The number of hydrogen-bond donors (Lipinski definition) is 1. The molecule has 0 saturated carbocycles. The van der Waals surface area contributed by atoms with Gasteiger partial charge in [0, 0.05) is 0 Å². The molecule has 0 amide bonds. The molecule has 1 aromatic carbocycles. The van der Waals surface area contributed by atoms with Crippen molar-refractivity contribution in [3.63, 3.8) is 0 Å². The molecular formula is C16H25NO2. The van der Waals surface area contributed by atoms with Crippen LogP contribution in [0.25, 0.3) is 0 Å². The van der Waals surface area contributed by atoms with E-state index in [4.69, 9.17) is 10.5 Å². The number of nitrogens with two attached hydrogens (primary N) is 1. The second-order valence-corrected chi connectivity index (χ2v) is 6.20. The molecule has 0 spiro atoms. The van der Waals surface area contributed by atoms with Crippen LogP contribution in [-0.4, -0.2) is 12.6 Å². The maximum absolute atomic E-state index is 12.0. The van der Waals surface area contributed by atoms with Gasteiger partial charge in [0.25, 0.3) is 0 Å². The van der Waals surface area contributed by atoms with Gasteiger partial charge in [0.1, 0.15) is 5.54 Å². The summed E-state index contributed by atoms with van der Waals surface area (Å²) in [5.41, 5.74) is 8.12. The highest BCUT2D eigenvalue weighted by atomic mass is 16.5. The largest absolute Gasteiger partial charge is 0.464 e. The number of aryl methyl sites for hydroxylation is 1. The lowest BCUT2D eigenvalue weighted by Crippen LogP contribution is -2.44. The fraction of sp³-hybridized carbons (Fsp3) is 0.562. The highest BCUT2D eigenvalue weighted by Crippen LogP contribution is 2.29. The highest BCUT2D eigenvalue weighted by molar-refractivity contribution is 5.82. The smallest absolute Gasteiger partial charge is 0.330 e. The van der Waals surface area contributed by atoms with Crippen LogP contribution in [0.4, 0.5) is 0 Å². The predicted molar refractivity (Wildman–Crippen MR) is 78.1 cm³/mol. The summed E-state index contributed by atoms with van der Waals surface area (Å²) in [5, 5.41) is 0. The van der Waals surface area contributed by atoms with E-state index in [9.17, 15) is 4.79 Å². The van der Waals surface area contributed by atoms with Gasteiger partial charge in [-0.1, -0.05) is 39.0 Å². The molecule has 0 aromatic heterocycles. The molecule has 2 N–H and O–H groups in total. The van der Waals surface area contributed by atoms with Gasteiger partial charge in [-0.3, -0.25) is 0 Å². The Kier molecular flexibility index (Phi) is 4.41. The molecule has 19 heavy (non-hydrogen) atoms. The molecule has 0 aliphatic carbocycles. The summed E-state index contributed by atoms with van der Waals surface area (Å²) in [6.07, 6.45) is 0. The zero-order chi connectivity index (χ0) is 14.8. The van der Waals surface area contributed by atoms with E-state index < -0.39 is 5.54 Å². The molecule has 1 atom stereocenters. The average Bonchev–Trinajstić information content (AvgIpc) is 2.28. The van der Waals surface area contributed by atoms with E-state index in [1.165, 1.54) is 0 Å². The van der Waals surface area contributed by atoms with Gasteiger partial charge in [-0.05, 0) is 42.9 Å². The lowest BCUT2D eigenvalue weighted by Gasteiger charge is -2.27. The second kappa shape index (κ2) is 5.33.